The molecule has 2 aromatic rings. The molecular weight excluding hydrogens is 246 g/mol. The van der Waals surface area contributed by atoms with Crippen LogP contribution >= 0.6 is 0 Å². The Morgan fingerprint density at radius 1 is 1.00 bits per heavy atom. The van der Waals surface area contributed by atoms with Crippen molar-refractivity contribution in [3.05, 3.63) is 77.9 Å². The van der Waals surface area contributed by atoms with Crippen LogP contribution in [0.2, 0.25) is 0 Å². The van der Waals surface area contributed by atoms with Gasteiger partial charge in [-0.25, -0.2) is 0 Å². The van der Waals surface area contributed by atoms with Crippen LogP contribution in [-0.2, 0) is 4.79 Å². The van der Waals surface area contributed by atoms with E-state index in [4.69, 9.17) is 0 Å². The third-order valence-corrected chi connectivity index (χ3v) is 2.58. The molecule has 0 saturated carbocycles. The summed E-state index contributed by atoms with van der Waals surface area (Å²) in [5.41, 5.74) is 1.94. The zero-order chi connectivity index (χ0) is 14.0. The van der Waals surface area contributed by atoms with Crippen molar-refractivity contribution in [2.45, 2.75) is 0 Å². The van der Waals surface area contributed by atoms with Gasteiger partial charge in [0.2, 0.25) is 5.91 Å². The number of hydrogen-bond donors (Lipinski definition) is 1. The first kappa shape index (κ1) is 13.6. The first-order valence-electron chi connectivity index (χ1n) is 6.39. The molecule has 0 unspecified atom stereocenters. The van der Waals surface area contributed by atoms with Crippen molar-refractivity contribution in [2.75, 3.05) is 6.54 Å². The lowest BCUT2D eigenvalue weighted by Gasteiger charge is -1.95. The Morgan fingerprint density at radius 2 is 1.65 bits per heavy atom. The van der Waals surface area contributed by atoms with Gasteiger partial charge in [0.15, 0.2) is 0 Å². The van der Waals surface area contributed by atoms with E-state index in [-0.39, 0.29) is 5.91 Å². The molecule has 20 heavy (non-hydrogen) atoms. The van der Waals surface area contributed by atoms with Gasteiger partial charge in [0.1, 0.15) is 0 Å². The van der Waals surface area contributed by atoms with Crippen molar-refractivity contribution in [2.24, 2.45) is 0 Å². The van der Waals surface area contributed by atoms with Gasteiger partial charge in [-0.05, 0) is 23.8 Å². The smallest absolute Gasteiger partial charge is 0.244 e. The van der Waals surface area contributed by atoms with E-state index in [1.165, 1.54) is 6.08 Å². The van der Waals surface area contributed by atoms with Gasteiger partial charge in [0.05, 0.1) is 6.54 Å². The molecule has 1 amide bonds. The van der Waals surface area contributed by atoms with Gasteiger partial charge in [-0.3, -0.25) is 4.79 Å². The maximum absolute atomic E-state index is 11.6. The number of rotatable bonds is 3. The molecule has 2 nitrogen and oxygen atoms in total. The van der Waals surface area contributed by atoms with Crippen LogP contribution in [0.5, 0.6) is 0 Å². The number of nitrogens with one attached hydrogen (secondary N) is 1. The highest BCUT2D eigenvalue weighted by Crippen LogP contribution is 2.00. The summed E-state index contributed by atoms with van der Waals surface area (Å²) in [7, 11) is 0. The standard InChI is InChI=1S/C18H15NO/c20-18(14-13-17-10-5-2-6-11-17)19-15-7-12-16-8-3-1-4-9-16/h1-6,8-11,13-14H,15H2,(H,19,20)/b14-13-. The monoisotopic (exact) mass is 261 g/mol. The van der Waals surface area contributed by atoms with Crippen molar-refractivity contribution < 1.29 is 4.79 Å². The van der Waals surface area contributed by atoms with Crippen molar-refractivity contribution >= 4 is 12.0 Å². The maximum atomic E-state index is 11.6. The van der Waals surface area contributed by atoms with Crippen LogP contribution in [0.15, 0.2) is 66.7 Å². The zero-order valence-corrected chi connectivity index (χ0v) is 11.0. The molecular formula is C18H15NO. The van der Waals surface area contributed by atoms with E-state index in [1.807, 2.05) is 60.7 Å². The molecule has 98 valence electrons. The number of amides is 1. The lowest BCUT2D eigenvalue weighted by atomic mass is 10.2. The van der Waals surface area contributed by atoms with Crippen LogP contribution in [0.3, 0.4) is 0 Å². The first-order valence-corrected chi connectivity index (χ1v) is 6.39. The molecule has 2 rings (SSSR count). The van der Waals surface area contributed by atoms with Crippen LogP contribution in [0.4, 0.5) is 0 Å². The van der Waals surface area contributed by atoms with E-state index >= 15 is 0 Å². The van der Waals surface area contributed by atoms with E-state index in [0.717, 1.165) is 11.1 Å². The minimum atomic E-state index is -0.142. The first-order chi connectivity index (χ1) is 9.84. The fourth-order valence-electron chi connectivity index (χ4n) is 1.59. The normalized spacial score (nSPS) is 9.80. The summed E-state index contributed by atoms with van der Waals surface area (Å²) in [6.07, 6.45) is 3.29. The third-order valence-electron chi connectivity index (χ3n) is 2.58. The Bertz CT molecular complexity index is 633. The number of carbonyl (C=O) groups is 1. The van der Waals surface area contributed by atoms with Crippen molar-refractivity contribution in [3.8, 4) is 11.8 Å². The predicted molar refractivity (Wildman–Crippen MR) is 81.8 cm³/mol. The topological polar surface area (TPSA) is 29.1 Å². The van der Waals surface area contributed by atoms with Gasteiger partial charge in [0.25, 0.3) is 0 Å². The molecule has 0 aliphatic heterocycles. The van der Waals surface area contributed by atoms with Crippen LogP contribution in [0.1, 0.15) is 11.1 Å². The Morgan fingerprint density at radius 3 is 2.35 bits per heavy atom. The highest BCUT2D eigenvalue weighted by atomic mass is 16.1. The van der Waals surface area contributed by atoms with E-state index in [1.54, 1.807) is 6.08 Å². The average molecular weight is 261 g/mol. The van der Waals surface area contributed by atoms with Gasteiger partial charge in [-0.2, -0.15) is 0 Å². The molecule has 0 aromatic heterocycles. The molecule has 0 aliphatic carbocycles. The molecule has 2 heteroatoms. The van der Waals surface area contributed by atoms with Gasteiger partial charge in [-0.1, -0.05) is 60.4 Å². The fraction of sp³-hybridized carbons (Fsp3) is 0.0556. The number of hydrogen-bond acceptors (Lipinski definition) is 1. The second kappa shape index (κ2) is 7.60. The van der Waals surface area contributed by atoms with E-state index in [0.29, 0.717) is 6.54 Å². The molecule has 0 spiro atoms. The van der Waals surface area contributed by atoms with Crippen LogP contribution < -0.4 is 5.32 Å². The minimum Gasteiger partial charge on any atom is -0.342 e. The maximum Gasteiger partial charge on any atom is 0.244 e. The van der Waals surface area contributed by atoms with Gasteiger partial charge in [-0.15, -0.1) is 0 Å². The fourth-order valence-corrected chi connectivity index (χ4v) is 1.59. The van der Waals surface area contributed by atoms with Crippen LogP contribution in [-0.4, -0.2) is 12.5 Å². The quantitative estimate of drug-likeness (QED) is 0.668. The third kappa shape index (κ3) is 4.83. The summed E-state index contributed by atoms with van der Waals surface area (Å²) in [4.78, 5) is 11.6. The summed E-state index contributed by atoms with van der Waals surface area (Å²) in [5, 5.41) is 2.72. The summed E-state index contributed by atoms with van der Waals surface area (Å²) < 4.78 is 0. The number of carbonyl (C=O) groups excluding carboxylic acids is 1. The molecule has 0 saturated heterocycles. The lowest BCUT2D eigenvalue weighted by Crippen LogP contribution is -2.20. The second-order valence-electron chi connectivity index (χ2n) is 4.13. The van der Waals surface area contributed by atoms with Crippen molar-refractivity contribution in [1.82, 2.24) is 5.32 Å². The summed E-state index contributed by atoms with van der Waals surface area (Å²) >= 11 is 0. The highest BCUT2D eigenvalue weighted by Gasteiger charge is 1.91. The minimum absolute atomic E-state index is 0.142. The Hall–Kier alpha value is -2.79. The Kier molecular flexibility index (Phi) is 5.18. The van der Waals surface area contributed by atoms with Crippen LogP contribution in [0.25, 0.3) is 6.08 Å². The summed E-state index contributed by atoms with van der Waals surface area (Å²) in [6, 6.07) is 19.4. The van der Waals surface area contributed by atoms with E-state index < -0.39 is 0 Å². The van der Waals surface area contributed by atoms with Crippen LogP contribution in [0, 0.1) is 11.8 Å². The SMILES string of the molecule is O=C(/C=C\c1ccccc1)NCC#Cc1ccccc1. The largest absolute Gasteiger partial charge is 0.342 e. The second-order valence-corrected chi connectivity index (χ2v) is 4.13. The van der Waals surface area contributed by atoms with Gasteiger partial charge >= 0.3 is 0 Å². The lowest BCUT2D eigenvalue weighted by molar-refractivity contribution is -0.116. The average Bonchev–Trinajstić information content (AvgIpc) is 2.52. The highest BCUT2D eigenvalue weighted by molar-refractivity contribution is 5.91. The predicted octanol–water partition coefficient (Wildman–Crippen LogP) is 2.87. The van der Waals surface area contributed by atoms with E-state index in [2.05, 4.69) is 17.2 Å². The Balaban J connectivity index is 1.79. The molecule has 0 radical (unpaired) electrons. The number of benzene rings is 2. The van der Waals surface area contributed by atoms with Gasteiger partial charge < -0.3 is 5.32 Å². The van der Waals surface area contributed by atoms with Gasteiger partial charge in [0, 0.05) is 11.6 Å². The molecule has 0 atom stereocenters. The molecule has 0 heterocycles. The van der Waals surface area contributed by atoms with Crippen molar-refractivity contribution in [3.63, 3.8) is 0 Å². The molecule has 0 bridgehead atoms. The molecule has 2 aromatic carbocycles. The van der Waals surface area contributed by atoms with Crippen molar-refractivity contribution in [1.29, 1.82) is 0 Å². The molecule has 0 fully saturated rings. The molecule has 0 aliphatic rings. The molecule has 1 N–H and O–H groups in total. The zero-order valence-electron chi connectivity index (χ0n) is 11.0. The summed E-state index contributed by atoms with van der Waals surface area (Å²) in [5.74, 6) is 5.76. The Labute approximate surface area is 119 Å². The van der Waals surface area contributed by atoms with E-state index in [9.17, 15) is 4.79 Å². The summed E-state index contributed by atoms with van der Waals surface area (Å²) in [6.45, 7) is 0.340.